The van der Waals surface area contributed by atoms with Crippen LogP contribution in [0.5, 0.6) is 0 Å². The highest BCUT2D eigenvalue weighted by atomic mass is 16.7. The van der Waals surface area contributed by atoms with E-state index in [-0.39, 0.29) is 18.3 Å². The van der Waals surface area contributed by atoms with Crippen molar-refractivity contribution in [2.24, 2.45) is 0 Å². The van der Waals surface area contributed by atoms with Crippen molar-refractivity contribution < 1.29 is 9.31 Å². The van der Waals surface area contributed by atoms with E-state index in [4.69, 9.17) is 9.31 Å². The largest absolute Gasteiger partial charge is 0.494 e. The van der Waals surface area contributed by atoms with Gasteiger partial charge in [0.15, 0.2) is 0 Å². The molecule has 0 radical (unpaired) electrons. The van der Waals surface area contributed by atoms with Crippen LogP contribution in [0.4, 0.5) is 0 Å². The molecule has 0 aromatic heterocycles. The molecule has 148 valence electrons. The van der Waals surface area contributed by atoms with Gasteiger partial charge in [-0.05, 0) is 80.2 Å². The zero-order valence-corrected chi connectivity index (χ0v) is 18.1. The maximum atomic E-state index is 6.25. The van der Waals surface area contributed by atoms with E-state index in [9.17, 15) is 0 Å². The van der Waals surface area contributed by atoms with Gasteiger partial charge in [0, 0.05) is 0 Å². The first-order chi connectivity index (χ1) is 13.3. The Morgan fingerprint density at radius 3 is 2.14 bits per heavy atom. The summed E-state index contributed by atoms with van der Waals surface area (Å²) in [5.41, 5.74) is 7.64. The zero-order chi connectivity index (χ0) is 19.9. The van der Waals surface area contributed by atoms with Gasteiger partial charge in [-0.3, -0.25) is 0 Å². The minimum Gasteiger partial charge on any atom is -0.399 e. The smallest absolute Gasteiger partial charge is 0.399 e. The zero-order valence-electron chi connectivity index (χ0n) is 18.1. The van der Waals surface area contributed by atoms with Crippen LogP contribution < -0.4 is 5.46 Å². The van der Waals surface area contributed by atoms with Crippen molar-refractivity contribution in [3.05, 3.63) is 53.1 Å². The van der Waals surface area contributed by atoms with Gasteiger partial charge in [0.05, 0.1) is 11.2 Å². The first-order valence-electron chi connectivity index (χ1n) is 10.9. The maximum Gasteiger partial charge on any atom is 0.494 e. The summed E-state index contributed by atoms with van der Waals surface area (Å²) in [7, 11) is -0.284. The Morgan fingerprint density at radius 2 is 1.46 bits per heavy atom. The Morgan fingerprint density at radius 1 is 0.821 bits per heavy atom. The Hall–Kier alpha value is -1.58. The van der Waals surface area contributed by atoms with Crippen LogP contribution in [0, 0.1) is 0 Å². The molecule has 2 aromatic carbocycles. The van der Waals surface area contributed by atoms with Gasteiger partial charge in [-0.1, -0.05) is 62.6 Å². The number of rotatable bonds is 6. The normalized spacial score (nSPS) is 19.0. The van der Waals surface area contributed by atoms with Crippen LogP contribution in [-0.2, 0) is 22.2 Å². The summed E-state index contributed by atoms with van der Waals surface area (Å²) in [6, 6.07) is 13.8. The van der Waals surface area contributed by atoms with Gasteiger partial charge in [0.1, 0.15) is 0 Å². The summed E-state index contributed by atoms with van der Waals surface area (Å²) in [6.07, 6.45) is 7.49. The SMILES string of the molecule is CCCCCCc1ccc2c(c1)Cc1cc(B3OC(C)(C)C(C)(C)O3)ccc1-2. The van der Waals surface area contributed by atoms with Crippen LogP contribution in [-0.4, -0.2) is 18.3 Å². The fraction of sp³-hybridized carbons (Fsp3) is 0.520. The highest BCUT2D eigenvalue weighted by Crippen LogP contribution is 2.39. The molecule has 1 heterocycles. The summed E-state index contributed by atoms with van der Waals surface area (Å²) in [5, 5.41) is 0. The van der Waals surface area contributed by atoms with Gasteiger partial charge in [0.2, 0.25) is 0 Å². The molecular formula is C25H33BO2. The summed E-state index contributed by atoms with van der Waals surface area (Å²) >= 11 is 0. The third kappa shape index (κ3) is 3.55. The van der Waals surface area contributed by atoms with E-state index < -0.39 is 0 Å². The minimum absolute atomic E-state index is 0.284. The molecule has 1 aliphatic heterocycles. The van der Waals surface area contributed by atoms with E-state index in [2.05, 4.69) is 71.0 Å². The van der Waals surface area contributed by atoms with Crippen molar-refractivity contribution in [1.29, 1.82) is 0 Å². The van der Waals surface area contributed by atoms with E-state index in [0.29, 0.717) is 0 Å². The standard InChI is InChI=1S/C25H33BO2/c1-6-7-8-9-10-18-11-13-22-19(15-18)16-20-17-21(12-14-23(20)22)26-27-24(2,3)25(4,5)28-26/h11-15,17H,6-10,16H2,1-5H3. The number of hydrogen-bond donors (Lipinski definition) is 0. The first-order valence-corrected chi connectivity index (χ1v) is 10.9. The molecule has 0 amide bonds. The third-order valence-electron chi connectivity index (χ3n) is 6.81. The summed E-state index contributed by atoms with van der Waals surface area (Å²) in [5.74, 6) is 0. The van der Waals surface area contributed by atoms with Gasteiger partial charge in [-0.15, -0.1) is 0 Å². The third-order valence-corrected chi connectivity index (χ3v) is 6.81. The van der Waals surface area contributed by atoms with E-state index in [1.54, 1.807) is 0 Å². The summed E-state index contributed by atoms with van der Waals surface area (Å²) in [4.78, 5) is 0. The number of unbranched alkanes of at least 4 members (excludes halogenated alkanes) is 3. The number of aryl methyl sites for hydroxylation is 1. The predicted molar refractivity (Wildman–Crippen MR) is 118 cm³/mol. The lowest BCUT2D eigenvalue weighted by atomic mass is 9.78. The van der Waals surface area contributed by atoms with Crippen molar-refractivity contribution in [1.82, 2.24) is 0 Å². The average molecular weight is 376 g/mol. The molecule has 0 spiro atoms. The first kappa shape index (κ1) is 19.7. The molecule has 2 aromatic rings. The number of benzene rings is 2. The molecule has 0 atom stereocenters. The second-order valence-electron chi connectivity index (χ2n) is 9.48. The molecule has 4 rings (SSSR count). The van der Waals surface area contributed by atoms with Crippen LogP contribution in [0.15, 0.2) is 36.4 Å². The van der Waals surface area contributed by atoms with Crippen molar-refractivity contribution in [3.8, 4) is 11.1 Å². The molecule has 0 unspecified atom stereocenters. The van der Waals surface area contributed by atoms with Crippen molar-refractivity contribution in [2.45, 2.75) is 84.3 Å². The Bertz CT molecular complexity index is 853. The molecule has 3 heteroatoms. The Balaban J connectivity index is 1.51. The monoisotopic (exact) mass is 376 g/mol. The Kier molecular flexibility index (Phi) is 5.18. The molecule has 2 aliphatic rings. The van der Waals surface area contributed by atoms with Crippen molar-refractivity contribution >= 4 is 12.6 Å². The average Bonchev–Trinajstić information content (AvgIpc) is 3.11. The quantitative estimate of drug-likeness (QED) is 0.407. The highest BCUT2D eigenvalue weighted by molar-refractivity contribution is 6.62. The molecule has 1 aliphatic carbocycles. The topological polar surface area (TPSA) is 18.5 Å². The van der Waals surface area contributed by atoms with Crippen LogP contribution in [0.25, 0.3) is 11.1 Å². The van der Waals surface area contributed by atoms with E-state index >= 15 is 0 Å². The second-order valence-corrected chi connectivity index (χ2v) is 9.48. The molecule has 0 saturated carbocycles. The summed E-state index contributed by atoms with van der Waals surface area (Å²) in [6.45, 7) is 10.7. The van der Waals surface area contributed by atoms with Crippen LogP contribution in [0.3, 0.4) is 0 Å². The highest BCUT2D eigenvalue weighted by Gasteiger charge is 2.51. The molecule has 0 bridgehead atoms. The van der Waals surface area contributed by atoms with Gasteiger partial charge in [-0.25, -0.2) is 0 Å². The Labute approximate surface area is 170 Å². The molecule has 0 N–H and O–H groups in total. The lowest BCUT2D eigenvalue weighted by Crippen LogP contribution is -2.41. The van der Waals surface area contributed by atoms with E-state index in [1.165, 1.54) is 59.9 Å². The fourth-order valence-corrected chi connectivity index (χ4v) is 4.32. The number of fused-ring (bicyclic) bond motifs is 3. The fourth-order valence-electron chi connectivity index (χ4n) is 4.32. The molecule has 2 nitrogen and oxygen atoms in total. The lowest BCUT2D eigenvalue weighted by Gasteiger charge is -2.32. The molecule has 1 saturated heterocycles. The lowest BCUT2D eigenvalue weighted by molar-refractivity contribution is 0.00578. The van der Waals surface area contributed by atoms with Crippen molar-refractivity contribution in [3.63, 3.8) is 0 Å². The molecular weight excluding hydrogens is 343 g/mol. The van der Waals surface area contributed by atoms with Gasteiger partial charge in [-0.2, -0.15) is 0 Å². The second kappa shape index (κ2) is 7.35. The van der Waals surface area contributed by atoms with E-state index in [1.807, 2.05) is 0 Å². The minimum atomic E-state index is -0.299. The maximum absolute atomic E-state index is 6.25. The van der Waals surface area contributed by atoms with Gasteiger partial charge < -0.3 is 9.31 Å². The van der Waals surface area contributed by atoms with Crippen LogP contribution >= 0.6 is 0 Å². The predicted octanol–water partition coefficient (Wildman–Crippen LogP) is 5.68. The molecule has 28 heavy (non-hydrogen) atoms. The van der Waals surface area contributed by atoms with Gasteiger partial charge in [0.25, 0.3) is 0 Å². The van der Waals surface area contributed by atoms with Crippen LogP contribution in [0.1, 0.15) is 77.0 Å². The molecule has 1 fully saturated rings. The number of hydrogen-bond acceptors (Lipinski definition) is 2. The van der Waals surface area contributed by atoms with Crippen molar-refractivity contribution in [2.75, 3.05) is 0 Å². The summed E-state index contributed by atoms with van der Waals surface area (Å²) < 4.78 is 12.5. The van der Waals surface area contributed by atoms with Crippen LogP contribution in [0.2, 0.25) is 0 Å². The van der Waals surface area contributed by atoms with Gasteiger partial charge >= 0.3 is 7.12 Å². The van der Waals surface area contributed by atoms with E-state index in [0.717, 1.165) is 11.9 Å².